The molecule has 3 rings (SSSR count). The molecule has 2 aromatic carbocycles. The largest absolute Gasteiger partial charge is 0.339 e. The Morgan fingerprint density at radius 2 is 1.79 bits per heavy atom. The van der Waals surface area contributed by atoms with Crippen molar-refractivity contribution >= 4 is 23.1 Å². The molecule has 0 bridgehead atoms. The van der Waals surface area contributed by atoms with Crippen molar-refractivity contribution in [2.24, 2.45) is 0 Å². The monoisotopic (exact) mass is 324 g/mol. The molecular weight excluding hydrogens is 314 g/mol. The molecule has 3 aromatic rings. The third-order valence-electron chi connectivity index (χ3n) is 3.02. The Kier molecular flexibility index (Phi) is 4.25. The van der Waals surface area contributed by atoms with E-state index in [1.165, 1.54) is 12.3 Å². The summed E-state index contributed by atoms with van der Waals surface area (Å²) >= 11 is 0. The molecule has 0 unspecified atom stereocenters. The van der Waals surface area contributed by atoms with Crippen LogP contribution in [0.15, 0.2) is 48.7 Å². The minimum Gasteiger partial charge on any atom is -0.339 e. The van der Waals surface area contributed by atoms with Gasteiger partial charge in [-0.1, -0.05) is 0 Å². The molecule has 24 heavy (non-hydrogen) atoms. The number of anilines is 4. The van der Waals surface area contributed by atoms with E-state index in [9.17, 15) is 8.78 Å². The third-order valence-corrected chi connectivity index (χ3v) is 3.02. The molecule has 118 valence electrons. The fraction of sp³-hybridized carbons (Fsp3) is 0. The average molecular weight is 324 g/mol. The Balaban J connectivity index is 1.77. The number of halogens is 2. The van der Waals surface area contributed by atoms with Crippen molar-refractivity contribution in [3.8, 4) is 6.07 Å². The molecule has 0 aliphatic carbocycles. The number of nitrogens with one attached hydrogen (secondary N) is 2. The highest BCUT2D eigenvalue weighted by Gasteiger charge is 2.07. The number of aromatic nitrogens is 3. The van der Waals surface area contributed by atoms with Crippen molar-refractivity contribution in [3.05, 3.63) is 65.9 Å². The van der Waals surface area contributed by atoms with E-state index in [2.05, 4.69) is 25.8 Å². The molecule has 2 N–H and O–H groups in total. The maximum atomic E-state index is 13.6. The minimum atomic E-state index is -0.760. The summed E-state index contributed by atoms with van der Waals surface area (Å²) in [4.78, 5) is 4.15. The number of rotatable bonds is 4. The van der Waals surface area contributed by atoms with Gasteiger partial charge in [0.1, 0.15) is 11.6 Å². The van der Waals surface area contributed by atoms with Gasteiger partial charge in [-0.2, -0.15) is 15.3 Å². The van der Waals surface area contributed by atoms with Gasteiger partial charge in [-0.05, 0) is 36.4 Å². The molecule has 6 nitrogen and oxygen atoms in total. The first-order valence-corrected chi connectivity index (χ1v) is 6.83. The highest BCUT2D eigenvalue weighted by Crippen LogP contribution is 2.20. The summed E-state index contributed by atoms with van der Waals surface area (Å²) in [5.74, 6) is -1.00. The number of nitrogens with zero attached hydrogens (tertiary/aromatic N) is 4. The summed E-state index contributed by atoms with van der Waals surface area (Å²) in [5, 5.41) is 21.9. The summed E-state index contributed by atoms with van der Waals surface area (Å²) < 4.78 is 26.5. The smallest absolute Gasteiger partial charge is 0.249 e. The van der Waals surface area contributed by atoms with E-state index in [0.717, 1.165) is 12.1 Å². The lowest BCUT2D eigenvalue weighted by Gasteiger charge is -2.08. The van der Waals surface area contributed by atoms with Gasteiger partial charge in [0.25, 0.3) is 0 Å². The molecule has 8 heteroatoms. The SMILES string of the molecule is N#Cc1ccc(Nc2cnnc(Nc3ccc(F)cc3F)n2)cc1. The van der Waals surface area contributed by atoms with Crippen molar-refractivity contribution in [2.45, 2.75) is 0 Å². The van der Waals surface area contributed by atoms with Crippen molar-refractivity contribution in [2.75, 3.05) is 10.6 Å². The van der Waals surface area contributed by atoms with Crippen molar-refractivity contribution in [1.29, 1.82) is 5.26 Å². The van der Waals surface area contributed by atoms with Gasteiger partial charge in [0.2, 0.25) is 5.95 Å². The van der Waals surface area contributed by atoms with Crippen LogP contribution in [0.4, 0.5) is 31.9 Å². The van der Waals surface area contributed by atoms with Gasteiger partial charge in [0.05, 0.1) is 23.5 Å². The molecule has 0 aliphatic heterocycles. The number of hydrogen-bond donors (Lipinski definition) is 2. The lowest BCUT2D eigenvalue weighted by molar-refractivity contribution is 0.586. The van der Waals surface area contributed by atoms with Crippen LogP contribution in [0.5, 0.6) is 0 Å². The lowest BCUT2D eigenvalue weighted by Crippen LogP contribution is -2.03. The van der Waals surface area contributed by atoms with Crippen LogP contribution in [0.2, 0.25) is 0 Å². The van der Waals surface area contributed by atoms with Crippen molar-refractivity contribution in [3.63, 3.8) is 0 Å². The summed E-state index contributed by atoms with van der Waals surface area (Å²) in [7, 11) is 0. The standard InChI is InChI=1S/C16H10F2N6/c17-11-3-6-14(13(18)7-11)22-16-23-15(9-20-24-16)21-12-4-1-10(8-19)2-5-12/h1-7,9H,(H2,21,22,23,24). The third kappa shape index (κ3) is 3.59. The second kappa shape index (κ2) is 6.66. The number of hydrogen-bond acceptors (Lipinski definition) is 6. The zero-order valence-corrected chi connectivity index (χ0v) is 12.2. The first kappa shape index (κ1) is 15.3. The van der Waals surface area contributed by atoms with Gasteiger partial charge in [-0.25, -0.2) is 8.78 Å². The molecule has 0 fully saturated rings. The Morgan fingerprint density at radius 1 is 1.00 bits per heavy atom. The highest BCUT2D eigenvalue weighted by atomic mass is 19.1. The molecule has 0 saturated carbocycles. The molecule has 0 saturated heterocycles. The van der Waals surface area contributed by atoms with Gasteiger partial charge in [-0.3, -0.25) is 0 Å². The Labute approximate surface area is 135 Å². The zero-order chi connectivity index (χ0) is 16.9. The van der Waals surface area contributed by atoms with Crippen LogP contribution < -0.4 is 10.6 Å². The predicted molar refractivity (Wildman–Crippen MR) is 83.9 cm³/mol. The van der Waals surface area contributed by atoms with Crippen LogP contribution >= 0.6 is 0 Å². The maximum absolute atomic E-state index is 13.6. The van der Waals surface area contributed by atoms with E-state index in [1.807, 2.05) is 6.07 Å². The Hall–Kier alpha value is -3.60. The van der Waals surface area contributed by atoms with Crippen molar-refractivity contribution < 1.29 is 8.78 Å². The first-order valence-electron chi connectivity index (χ1n) is 6.83. The van der Waals surface area contributed by atoms with E-state index in [-0.39, 0.29) is 11.6 Å². The van der Waals surface area contributed by atoms with Crippen LogP contribution in [-0.2, 0) is 0 Å². The van der Waals surface area contributed by atoms with Gasteiger partial charge in [0.15, 0.2) is 5.82 Å². The molecule has 0 radical (unpaired) electrons. The normalized spacial score (nSPS) is 10.0. The number of nitriles is 1. The maximum Gasteiger partial charge on any atom is 0.249 e. The predicted octanol–water partition coefficient (Wildman–Crippen LogP) is 3.51. The topological polar surface area (TPSA) is 86.5 Å². The molecule has 0 amide bonds. The van der Waals surface area contributed by atoms with E-state index >= 15 is 0 Å². The molecule has 1 heterocycles. The van der Waals surface area contributed by atoms with Crippen LogP contribution in [0, 0.1) is 23.0 Å². The van der Waals surface area contributed by atoms with Gasteiger partial charge < -0.3 is 10.6 Å². The summed E-state index contributed by atoms with van der Waals surface area (Å²) in [6.45, 7) is 0. The second-order valence-electron chi connectivity index (χ2n) is 4.73. The molecule has 0 aliphatic rings. The zero-order valence-electron chi connectivity index (χ0n) is 12.2. The summed E-state index contributed by atoms with van der Waals surface area (Å²) in [5.41, 5.74) is 1.28. The average Bonchev–Trinajstić information content (AvgIpc) is 2.58. The first-order chi connectivity index (χ1) is 11.6. The second-order valence-corrected chi connectivity index (χ2v) is 4.73. The van der Waals surface area contributed by atoms with E-state index in [4.69, 9.17) is 5.26 Å². The van der Waals surface area contributed by atoms with Crippen molar-refractivity contribution in [1.82, 2.24) is 15.2 Å². The Bertz CT molecular complexity index is 905. The summed E-state index contributed by atoms with van der Waals surface area (Å²) in [6.07, 6.45) is 1.39. The molecule has 0 spiro atoms. The molecule has 0 atom stereocenters. The quantitative estimate of drug-likeness (QED) is 0.764. The van der Waals surface area contributed by atoms with E-state index < -0.39 is 11.6 Å². The van der Waals surface area contributed by atoms with Crippen LogP contribution in [0.1, 0.15) is 5.56 Å². The van der Waals surface area contributed by atoms with Crippen LogP contribution in [0.25, 0.3) is 0 Å². The fourth-order valence-electron chi connectivity index (χ4n) is 1.90. The van der Waals surface area contributed by atoms with Gasteiger partial charge in [0, 0.05) is 11.8 Å². The lowest BCUT2D eigenvalue weighted by atomic mass is 10.2. The van der Waals surface area contributed by atoms with Crippen LogP contribution in [0.3, 0.4) is 0 Å². The Morgan fingerprint density at radius 3 is 2.50 bits per heavy atom. The minimum absolute atomic E-state index is 0.0359. The van der Waals surface area contributed by atoms with Gasteiger partial charge in [-0.15, -0.1) is 5.10 Å². The number of benzene rings is 2. The van der Waals surface area contributed by atoms with Gasteiger partial charge >= 0.3 is 0 Å². The van der Waals surface area contributed by atoms with E-state index in [1.54, 1.807) is 24.3 Å². The molecular formula is C16H10F2N6. The highest BCUT2D eigenvalue weighted by molar-refractivity contribution is 5.59. The van der Waals surface area contributed by atoms with Crippen LogP contribution in [-0.4, -0.2) is 15.2 Å². The van der Waals surface area contributed by atoms with E-state index in [0.29, 0.717) is 17.1 Å². The molecule has 1 aromatic heterocycles. The fourth-order valence-corrected chi connectivity index (χ4v) is 1.90. The summed E-state index contributed by atoms with van der Waals surface area (Å²) in [6, 6.07) is 11.9.